The van der Waals surface area contributed by atoms with Crippen molar-refractivity contribution in [2.24, 2.45) is 7.05 Å². The maximum atomic E-state index is 12.0. The smallest absolute Gasteiger partial charge is 0.359 e. The minimum Gasteiger partial charge on any atom is -0.453 e. The molecule has 1 aromatic heterocycles. The van der Waals surface area contributed by atoms with Gasteiger partial charge in [0.05, 0.1) is 4.92 Å². The van der Waals surface area contributed by atoms with Gasteiger partial charge in [-0.1, -0.05) is 12.1 Å². The molecule has 2 aromatic rings. The topological polar surface area (TPSA) is 87.3 Å². The predicted molar refractivity (Wildman–Crippen MR) is 79.6 cm³/mol. The summed E-state index contributed by atoms with van der Waals surface area (Å²) in [5.41, 5.74) is 2.19. The Kier molecular flexibility index (Phi) is 4.25. The van der Waals surface area contributed by atoms with Crippen molar-refractivity contribution in [1.29, 1.82) is 0 Å². The highest BCUT2D eigenvalue weighted by molar-refractivity contribution is 5.87. The fourth-order valence-corrected chi connectivity index (χ4v) is 2.03. The number of nitro groups is 1. The van der Waals surface area contributed by atoms with Gasteiger partial charge in [0.1, 0.15) is 6.10 Å². The Hall–Kier alpha value is -2.70. The monoisotopic (exact) mass is 303 g/mol. The predicted octanol–water partition coefficient (Wildman–Crippen LogP) is 2.86. The van der Waals surface area contributed by atoms with Crippen molar-refractivity contribution >= 4 is 11.7 Å². The molecule has 0 amide bonds. The summed E-state index contributed by atoms with van der Waals surface area (Å²) < 4.78 is 6.91. The Balaban J connectivity index is 2.18. The van der Waals surface area contributed by atoms with E-state index < -0.39 is 17.0 Å². The Bertz CT molecular complexity index is 717. The molecule has 0 aliphatic rings. The van der Waals surface area contributed by atoms with E-state index in [1.54, 1.807) is 43.8 Å². The minimum atomic E-state index is -0.603. The molecule has 0 saturated carbocycles. The average Bonchev–Trinajstić information content (AvgIpc) is 2.78. The van der Waals surface area contributed by atoms with Crippen molar-refractivity contribution in [2.45, 2.75) is 26.9 Å². The first-order valence-corrected chi connectivity index (χ1v) is 6.76. The molecule has 0 saturated heterocycles. The van der Waals surface area contributed by atoms with Crippen LogP contribution in [0.25, 0.3) is 0 Å². The molecule has 0 radical (unpaired) electrons. The zero-order chi connectivity index (χ0) is 16.4. The number of carbonyl (C=O) groups excluding carboxylic acids is 1. The summed E-state index contributed by atoms with van der Waals surface area (Å²) in [4.78, 5) is 22.6. The van der Waals surface area contributed by atoms with E-state index in [1.165, 1.54) is 6.07 Å². The van der Waals surface area contributed by atoms with E-state index in [0.29, 0.717) is 11.1 Å². The van der Waals surface area contributed by atoms with E-state index in [0.717, 1.165) is 5.69 Å². The zero-order valence-electron chi connectivity index (χ0n) is 12.9. The van der Waals surface area contributed by atoms with Crippen molar-refractivity contribution in [1.82, 2.24) is 9.78 Å². The number of hydrogen-bond donors (Lipinski definition) is 0. The van der Waals surface area contributed by atoms with Crippen LogP contribution in [0, 0.1) is 24.0 Å². The van der Waals surface area contributed by atoms with Gasteiger partial charge < -0.3 is 4.74 Å². The summed E-state index contributed by atoms with van der Waals surface area (Å²) in [6, 6.07) is 6.41. The number of esters is 1. The van der Waals surface area contributed by atoms with Crippen LogP contribution < -0.4 is 0 Å². The Labute approximate surface area is 127 Å². The van der Waals surface area contributed by atoms with Crippen molar-refractivity contribution in [3.63, 3.8) is 0 Å². The lowest BCUT2D eigenvalue weighted by Gasteiger charge is -2.13. The van der Waals surface area contributed by atoms with Gasteiger partial charge in [0.25, 0.3) is 5.69 Å². The molecular formula is C15H17N3O4. The molecule has 0 fully saturated rings. The van der Waals surface area contributed by atoms with Gasteiger partial charge in [-0.25, -0.2) is 4.79 Å². The van der Waals surface area contributed by atoms with Crippen LogP contribution in [0.2, 0.25) is 0 Å². The van der Waals surface area contributed by atoms with E-state index in [1.807, 2.05) is 6.92 Å². The third-order valence-corrected chi connectivity index (χ3v) is 3.51. The number of ether oxygens (including phenoxy) is 1. The normalized spacial score (nSPS) is 12.0. The van der Waals surface area contributed by atoms with Crippen LogP contribution in [-0.4, -0.2) is 20.7 Å². The van der Waals surface area contributed by atoms with Gasteiger partial charge in [0.15, 0.2) is 5.69 Å². The molecule has 0 unspecified atom stereocenters. The van der Waals surface area contributed by atoms with Crippen molar-refractivity contribution in [3.8, 4) is 0 Å². The molecular weight excluding hydrogens is 286 g/mol. The summed E-state index contributed by atoms with van der Waals surface area (Å²) in [6.45, 7) is 5.16. The lowest BCUT2D eigenvalue weighted by atomic mass is 10.1. The van der Waals surface area contributed by atoms with Crippen LogP contribution in [0.3, 0.4) is 0 Å². The first kappa shape index (κ1) is 15.7. The van der Waals surface area contributed by atoms with Gasteiger partial charge in [-0.05, 0) is 32.4 Å². The standard InChI is InChI=1S/C15H17N3O4/c1-9-5-6-12(8-14(9)18(20)21)11(3)22-15(19)13-7-10(2)17(4)16-13/h5-8,11H,1-4H3/t11-/m0/s1. The third kappa shape index (κ3) is 3.13. The van der Waals surface area contributed by atoms with Crippen molar-refractivity contribution in [3.05, 3.63) is 56.9 Å². The van der Waals surface area contributed by atoms with Gasteiger partial charge in [0, 0.05) is 24.4 Å². The summed E-state index contributed by atoms with van der Waals surface area (Å²) >= 11 is 0. The molecule has 22 heavy (non-hydrogen) atoms. The molecule has 1 atom stereocenters. The lowest BCUT2D eigenvalue weighted by molar-refractivity contribution is -0.385. The van der Waals surface area contributed by atoms with E-state index in [9.17, 15) is 14.9 Å². The molecule has 0 bridgehead atoms. The molecule has 0 spiro atoms. The lowest BCUT2D eigenvalue weighted by Crippen LogP contribution is -2.10. The minimum absolute atomic E-state index is 0.00841. The van der Waals surface area contributed by atoms with Crippen molar-refractivity contribution in [2.75, 3.05) is 0 Å². The SMILES string of the molecule is Cc1ccc([C@H](C)OC(=O)c2cc(C)n(C)n2)cc1[N+](=O)[O-]. The molecule has 2 rings (SSSR count). The van der Waals surface area contributed by atoms with Crippen molar-refractivity contribution < 1.29 is 14.5 Å². The molecule has 1 aromatic carbocycles. The first-order valence-electron chi connectivity index (χ1n) is 6.76. The summed E-state index contributed by atoms with van der Waals surface area (Å²) in [6.07, 6.45) is -0.603. The maximum absolute atomic E-state index is 12.0. The second-order valence-corrected chi connectivity index (χ2v) is 5.15. The van der Waals surface area contributed by atoms with Crippen LogP contribution >= 0.6 is 0 Å². The Morgan fingerprint density at radius 1 is 1.36 bits per heavy atom. The fraction of sp³-hybridized carbons (Fsp3) is 0.333. The second-order valence-electron chi connectivity index (χ2n) is 5.15. The maximum Gasteiger partial charge on any atom is 0.359 e. The number of benzene rings is 1. The second kappa shape index (κ2) is 5.97. The molecule has 0 N–H and O–H groups in total. The van der Waals surface area contributed by atoms with Crippen LogP contribution in [-0.2, 0) is 11.8 Å². The summed E-state index contributed by atoms with van der Waals surface area (Å²) in [7, 11) is 1.73. The van der Waals surface area contributed by atoms with Gasteiger partial charge in [-0.2, -0.15) is 5.10 Å². The number of aromatic nitrogens is 2. The molecule has 0 aliphatic carbocycles. The van der Waals surface area contributed by atoms with Gasteiger partial charge in [-0.15, -0.1) is 0 Å². The summed E-state index contributed by atoms with van der Waals surface area (Å²) in [5, 5.41) is 15.0. The number of hydrogen-bond acceptors (Lipinski definition) is 5. The van der Waals surface area contributed by atoms with Gasteiger partial charge in [-0.3, -0.25) is 14.8 Å². The van der Waals surface area contributed by atoms with Gasteiger partial charge in [0.2, 0.25) is 0 Å². The largest absolute Gasteiger partial charge is 0.453 e. The number of nitro benzene ring substituents is 1. The van der Waals surface area contributed by atoms with Crippen LogP contribution in [0.1, 0.15) is 40.3 Å². The zero-order valence-corrected chi connectivity index (χ0v) is 12.9. The van der Waals surface area contributed by atoms with Crippen LogP contribution in [0.5, 0.6) is 0 Å². The molecule has 7 nitrogen and oxygen atoms in total. The number of nitrogens with zero attached hydrogens (tertiary/aromatic N) is 3. The molecule has 7 heteroatoms. The number of aryl methyl sites for hydroxylation is 3. The average molecular weight is 303 g/mol. The first-order chi connectivity index (χ1) is 10.3. The van der Waals surface area contributed by atoms with E-state index in [-0.39, 0.29) is 11.4 Å². The van der Waals surface area contributed by atoms with Crippen LogP contribution in [0.15, 0.2) is 24.3 Å². The van der Waals surface area contributed by atoms with E-state index >= 15 is 0 Å². The summed E-state index contributed by atoms with van der Waals surface area (Å²) in [5.74, 6) is -0.556. The highest BCUT2D eigenvalue weighted by atomic mass is 16.6. The number of rotatable bonds is 4. The van der Waals surface area contributed by atoms with Crippen LogP contribution in [0.4, 0.5) is 5.69 Å². The molecule has 116 valence electrons. The molecule has 0 aliphatic heterocycles. The third-order valence-electron chi connectivity index (χ3n) is 3.51. The number of carbonyl (C=O) groups is 1. The highest BCUT2D eigenvalue weighted by Crippen LogP contribution is 2.25. The van der Waals surface area contributed by atoms with E-state index in [4.69, 9.17) is 4.74 Å². The highest BCUT2D eigenvalue weighted by Gasteiger charge is 2.19. The Morgan fingerprint density at radius 2 is 2.05 bits per heavy atom. The quantitative estimate of drug-likeness (QED) is 0.492. The fourth-order valence-electron chi connectivity index (χ4n) is 2.03. The van der Waals surface area contributed by atoms with E-state index in [2.05, 4.69) is 5.10 Å². The Morgan fingerprint density at radius 3 is 2.59 bits per heavy atom. The molecule has 1 heterocycles. The van der Waals surface area contributed by atoms with Gasteiger partial charge >= 0.3 is 5.97 Å².